The summed E-state index contributed by atoms with van der Waals surface area (Å²) in [7, 11) is 2.91. The Kier molecular flexibility index (Phi) is 5.55. The molecule has 1 atom stereocenters. The minimum atomic E-state index is -0.453. The summed E-state index contributed by atoms with van der Waals surface area (Å²) in [6.07, 6.45) is 0.0682. The number of thiophene rings is 1. The second-order valence-corrected chi connectivity index (χ2v) is 5.37. The van der Waals surface area contributed by atoms with Crippen LogP contribution in [0.4, 0.5) is 0 Å². The molecule has 5 nitrogen and oxygen atoms in total. The normalized spacial score (nSPS) is 11.5. The molecule has 0 spiro atoms. The van der Waals surface area contributed by atoms with Crippen molar-refractivity contribution < 1.29 is 19.1 Å². The SMILES string of the molecule is COC(=O)CC(NC(=O)c1ccsc1)c1ccc(OC)cc1. The van der Waals surface area contributed by atoms with E-state index in [0.29, 0.717) is 11.3 Å². The Hall–Kier alpha value is -2.34. The number of ether oxygens (including phenoxy) is 2. The quantitative estimate of drug-likeness (QED) is 0.832. The molecule has 0 radical (unpaired) electrons. The number of amides is 1. The Morgan fingerprint density at radius 2 is 1.91 bits per heavy atom. The molecule has 6 heteroatoms. The number of rotatable bonds is 6. The number of hydrogen-bond donors (Lipinski definition) is 1. The lowest BCUT2D eigenvalue weighted by Gasteiger charge is -2.18. The van der Waals surface area contributed by atoms with Crippen LogP contribution < -0.4 is 10.1 Å². The van der Waals surface area contributed by atoms with Gasteiger partial charge in [0.05, 0.1) is 32.2 Å². The first-order valence-electron chi connectivity index (χ1n) is 6.68. The Bertz CT molecular complexity index is 622. The van der Waals surface area contributed by atoms with E-state index in [1.807, 2.05) is 17.5 Å². The molecule has 2 rings (SSSR count). The summed E-state index contributed by atoms with van der Waals surface area (Å²) in [5, 5.41) is 6.46. The summed E-state index contributed by atoms with van der Waals surface area (Å²) in [6, 6.07) is 8.50. The lowest BCUT2D eigenvalue weighted by Crippen LogP contribution is -2.30. The molecule has 1 aromatic heterocycles. The van der Waals surface area contributed by atoms with Crippen molar-refractivity contribution in [3.05, 3.63) is 52.2 Å². The van der Waals surface area contributed by atoms with E-state index in [-0.39, 0.29) is 18.3 Å². The van der Waals surface area contributed by atoms with E-state index in [9.17, 15) is 9.59 Å². The van der Waals surface area contributed by atoms with E-state index in [1.54, 1.807) is 30.7 Å². The van der Waals surface area contributed by atoms with Crippen LogP contribution in [0.25, 0.3) is 0 Å². The van der Waals surface area contributed by atoms with Crippen molar-refractivity contribution in [2.75, 3.05) is 14.2 Å². The van der Waals surface area contributed by atoms with Gasteiger partial charge in [0.15, 0.2) is 0 Å². The highest BCUT2D eigenvalue weighted by molar-refractivity contribution is 7.08. The predicted octanol–water partition coefficient (Wildman–Crippen LogP) is 2.79. The van der Waals surface area contributed by atoms with Crippen molar-refractivity contribution in [1.82, 2.24) is 5.32 Å². The van der Waals surface area contributed by atoms with Crippen LogP contribution in [0.5, 0.6) is 5.75 Å². The van der Waals surface area contributed by atoms with Crippen molar-refractivity contribution in [2.24, 2.45) is 0 Å². The van der Waals surface area contributed by atoms with Crippen LogP contribution in [0.3, 0.4) is 0 Å². The van der Waals surface area contributed by atoms with Crippen LogP contribution >= 0.6 is 11.3 Å². The minimum Gasteiger partial charge on any atom is -0.497 e. The second-order valence-electron chi connectivity index (χ2n) is 4.59. The van der Waals surface area contributed by atoms with Crippen LogP contribution in [0.1, 0.15) is 28.4 Å². The minimum absolute atomic E-state index is 0.0682. The molecule has 1 N–H and O–H groups in total. The Morgan fingerprint density at radius 3 is 2.45 bits per heavy atom. The van der Waals surface area contributed by atoms with Gasteiger partial charge in [0, 0.05) is 5.38 Å². The molecule has 0 aliphatic rings. The zero-order valence-corrected chi connectivity index (χ0v) is 13.2. The van der Waals surface area contributed by atoms with Crippen molar-refractivity contribution in [1.29, 1.82) is 0 Å². The van der Waals surface area contributed by atoms with E-state index in [2.05, 4.69) is 5.32 Å². The van der Waals surface area contributed by atoms with Gasteiger partial charge in [-0.25, -0.2) is 0 Å². The number of nitrogens with one attached hydrogen (secondary N) is 1. The topological polar surface area (TPSA) is 64.6 Å². The molecule has 1 aromatic carbocycles. The standard InChI is InChI=1S/C16H17NO4S/c1-20-13-5-3-11(4-6-13)14(9-15(18)21-2)17-16(19)12-7-8-22-10-12/h3-8,10,14H,9H2,1-2H3,(H,17,19). The molecule has 2 aromatic rings. The zero-order valence-electron chi connectivity index (χ0n) is 12.4. The monoisotopic (exact) mass is 319 g/mol. The third-order valence-corrected chi connectivity index (χ3v) is 3.89. The van der Waals surface area contributed by atoms with Crippen LogP contribution in [0, 0.1) is 0 Å². The highest BCUT2D eigenvalue weighted by atomic mass is 32.1. The van der Waals surface area contributed by atoms with Crippen molar-refractivity contribution in [2.45, 2.75) is 12.5 Å². The summed E-state index contributed by atoms with van der Waals surface area (Å²) in [6.45, 7) is 0. The maximum Gasteiger partial charge on any atom is 0.307 e. The molecule has 0 aliphatic heterocycles. The van der Waals surface area contributed by atoms with Gasteiger partial charge in [-0.05, 0) is 29.1 Å². The van der Waals surface area contributed by atoms with Gasteiger partial charge in [-0.15, -0.1) is 0 Å². The first-order valence-corrected chi connectivity index (χ1v) is 7.62. The average molecular weight is 319 g/mol. The summed E-state index contributed by atoms with van der Waals surface area (Å²) in [5.74, 6) is 0.113. The molecule has 0 fully saturated rings. The molecular weight excluding hydrogens is 302 g/mol. The van der Waals surface area contributed by atoms with E-state index in [0.717, 1.165) is 5.56 Å². The molecule has 0 saturated carbocycles. The first-order chi connectivity index (χ1) is 10.6. The molecule has 22 heavy (non-hydrogen) atoms. The molecule has 0 aliphatic carbocycles. The van der Waals surface area contributed by atoms with E-state index in [1.165, 1.54) is 18.4 Å². The second kappa shape index (κ2) is 7.61. The molecule has 1 heterocycles. The van der Waals surface area contributed by atoms with Gasteiger partial charge in [0.25, 0.3) is 5.91 Å². The van der Waals surface area contributed by atoms with Crippen LogP contribution in [-0.2, 0) is 9.53 Å². The number of benzene rings is 1. The first kappa shape index (κ1) is 16.0. The third kappa shape index (κ3) is 4.08. The summed E-state index contributed by atoms with van der Waals surface area (Å²) in [5.41, 5.74) is 1.39. The van der Waals surface area contributed by atoms with Gasteiger partial charge in [0.1, 0.15) is 5.75 Å². The Balaban J connectivity index is 2.17. The maximum atomic E-state index is 12.2. The molecule has 116 valence electrons. The average Bonchev–Trinajstić information content (AvgIpc) is 3.08. The van der Waals surface area contributed by atoms with E-state index >= 15 is 0 Å². The van der Waals surface area contributed by atoms with E-state index < -0.39 is 6.04 Å². The highest BCUT2D eigenvalue weighted by Gasteiger charge is 2.20. The van der Waals surface area contributed by atoms with Gasteiger partial charge in [0.2, 0.25) is 0 Å². The molecule has 1 amide bonds. The lowest BCUT2D eigenvalue weighted by atomic mass is 10.0. The van der Waals surface area contributed by atoms with Gasteiger partial charge in [-0.2, -0.15) is 11.3 Å². The molecule has 0 saturated heterocycles. The lowest BCUT2D eigenvalue weighted by molar-refractivity contribution is -0.141. The Morgan fingerprint density at radius 1 is 1.18 bits per heavy atom. The smallest absolute Gasteiger partial charge is 0.307 e. The van der Waals surface area contributed by atoms with Crippen molar-refractivity contribution in [3.63, 3.8) is 0 Å². The Labute approximate surface area is 132 Å². The number of esters is 1. The predicted molar refractivity (Wildman–Crippen MR) is 84.2 cm³/mol. The van der Waals surface area contributed by atoms with Crippen LogP contribution in [0.15, 0.2) is 41.1 Å². The van der Waals surface area contributed by atoms with Crippen LogP contribution in [-0.4, -0.2) is 26.1 Å². The molecule has 1 unspecified atom stereocenters. The fourth-order valence-corrected chi connectivity index (χ4v) is 2.61. The van der Waals surface area contributed by atoms with E-state index in [4.69, 9.17) is 9.47 Å². The van der Waals surface area contributed by atoms with Gasteiger partial charge < -0.3 is 14.8 Å². The summed E-state index contributed by atoms with van der Waals surface area (Å²) in [4.78, 5) is 23.8. The largest absolute Gasteiger partial charge is 0.497 e. The summed E-state index contributed by atoms with van der Waals surface area (Å²) >= 11 is 1.45. The summed E-state index contributed by atoms with van der Waals surface area (Å²) < 4.78 is 9.82. The molecule has 0 bridgehead atoms. The zero-order chi connectivity index (χ0) is 15.9. The molecular formula is C16H17NO4S. The van der Waals surface area contributed by atoms with Crippen LogP contribution in [0.2, 0.25) is 0 Å². The van der Waals surface area contributed by atoms with Crippen molar-refractivity contribution in [3.8, 4) is 5.75 Å². The number of carbonyl (C=O) groups is 2. The van der Waals surface area contributed by atoms with Gasteiger partial charge in [-0.1, -0.05) is 12.1 Å². The highest BCUT2D eigenvalue weighted by Crippen LogP contribution is 2.21. The third-order valence-electron chi connectivity index (χ3n) is 3.21. The van der Waals surface area contributed by atoms with Gasteiger partial charge in [-0.3, -0.25) is 9.59 Å². The fraction of sp³-hybridized carbons (Fsp3) is 0.250. The van der Waals surface area contributed by atoms with Gasteiger partial charge >= 0.3 is 5.97 Å². The number of hydrogen-bond acceptors (Lipinski definition) is 5. The van der Waals surface area contributed by atoms with Crippen molar-refractivity contribution >= 4 is 23.2 Å². The maximum absolute atomic E-state index is 12.2. The fourth-order valence-electron chi connectivity index (χ4n) is 1.97. The number of methoxy groups -OCH3 is 2. The number of carbonyl (C=O) groups excluding carboxylic acids is 2.